The Morgan fingerprint density at radius 1 is 0.944 bits per heavy atom. The van der Waals surface area contributed by atoms with Crippen LogP contribution in [0.3, 0.4) is 0 Å². The quantitative estimate of drug-likeness (QED) is 0.878. The summed E-state index contributed by atoms with van der Waals surface area (Å²) in [5.41, 5.74) is 0. The van der Waals surface area contributed by atoms with Crippen molar-refractivity contribution in [2.24, 2.45) is 0 Å². The molecule has 0 amide bonds. The van der Waals surface area contributed by atoms with Crippen LogP contribution in [0.2, 0.25) is 0 Å². The standard InChI is InChI=1S/C10H6O6S2/c11-8(12)6-4-3-5(16-2-1-15-4)7(9(13)14)18-10(3)17-6/h1-2H2,(H,11,12)(H,13,14). The lowest BCUT2D eigenvalue weighted by Crippen LogP contribution is -2.08. The Morgan fingerprint density at radius 3 is 1.78 bits per heavy atom. The summed E-state index contributed by atoms with van der Waals surface area (Å²) < 4.78 is 11.3. The van der Waals surface area contributed by atoms with Crippen LogP contribution in [0.15, 0.2) is 0 Å². The van der Waals surface area contributed by atoms with Crippen molar-refractivity contribution < 1.29 is 29.3 Å². The summed E-state index contributed by atoms with van der Waals surface area (Å²) in [6, 6.07) is 0. The molecule has 3 heterocycles. The van der Waals surface area contributed by atoms with Crippen LogP contribution >= 0.6 is 22.7 Å². The second-order valence-corrected chi connectivity index (χ2v) is 5.79. The van der Waals surface area contributed by atoms with E-state index in [1.165, 1.54) is 0 Å². The van der Waals surface area contributed by atoms with E-state index in [4.69, 9.17) is 19.7 Å². The summed E-state index contributed by atoms with van der Waals surface area (Å²) in [5.74, 6) is -1.72. The zero-order chi connectivity index (χ0) is 12.9. The first-order valence-corrected chi connectivity index (χ1v) is 6.54. The molecule has 94 valence electrons. The first-order chi connectivity index (χ1) is 8.59. The Hall–Kier alpha value is -1.80. The van der Waals surface area contributed by atoms with Gasteiger partial charge in [0.25, 0.3) is 0 Å². The van der Waals surface area contributed by atoms with Gasteiger partial charge in [-0.2, -0.15) is 0 Å². The Morgan fingerprint density at radius 2 is 1.39 bits per heavy atom. The molecule has 2 aromatic heterocycles. The van der Waals surface area contributed by atoms with E-state index in [1.807, 2.05) is 0 Å². The molecule has 2 aromatic rings. The minimum atomic E-state index is -1.08. The molecular weight excluding hydrogens is 280 g/mol. The fraction of sp³-hybridized carbons (Fsp3) is 0.200. The van der Waals surface area contributed by atoms with Crippen molar-refractivity contribution in [2.45, 2.75) is 0 Å². The van der Waals surface area contributed by atoms with E-state index in [1.54, 1.807) is 0 Å². The van der Waals surface area contributed by atoms with Gasteiger partial charge < -0.3 is 19.7 Å². The van der Waals surface area contributed by atoms with E-state index in [9.17, 15) is 9.59 Å². The van der Waals surface area contributed by atoms with Gasteiger partial charge in [0.15, 0.2) is 21.3 Å². The highest BCUT2D eigenvalue weighted by Gasteiger charge is 2.30. The van der Waals surface area contributed by atoms with Gasteiger partial charge in [-0.3, -0.25) is 0 Å². The molecule has 0 unspecified atom stereocenters. The smallest absolute Gasteiger partial charge is 0.349 e. The number of hydrogen-bond acceptors (Lipinski definition) is 6. The van der Waals surface area contributed by atoms with Crippen molar-refractivity contribution in [1.29, 1.82) is 0 Å². The summed E-state index contributed by atoms with van der Waals surface area (Å²) in [5, 5.41) is 18.6. The van der Waals surface area contributed by atoms with Crippen molar-refractivity contribution >= 4 is 44.0 Å². The van der Waals surface area contributed by atoms with E-state index in [0.717, 1.165) is 22.7 Å². The zero-order valence-electron chi connectivity index (χ0n) is 8.76. The molecule has 18 heavy (non-hydrogen) atoms. The van der Waals surface area contributed by atoms with Crippen LogP contribution in [0.25, 0.3) is 9.40 Å². The highest BCUT2D eigenvalue weighted by atomic mass is 32.2. The molecule has 6 nitrogen and oxygen atoms in total. The average Bonchev–Trinajstić information content (AvgIpc) is 2.73. The predicted octanol–water partition coefficient (Wildman–Crippen LogP) is 2.13. The number of hydrogen-bond donors (Lipinski definition) is 2. The van der Waals surface area contributed by atoms with Crippen LogP contribution in [0.5, 0.6) is 11.5 Å². The summed E-state index contributed by atoms with van der Waals surface area (Å²) in [7, 11) is 0. The number of carboxylic acids is 2. The average molecular weight is 286 g/mol. The van der Waals surface area contributed by atoms with Crippen LogP contribution < -0.4 is 9.47 Å². The van der Waals surface area contributed by atoms with Gasteiger partial charge in [0.05, 0.1) is 9.40 Å². The van der Waals surface area contributed by atoms with E-state index in [-0.39, 0.29) is 34.5 Å². The first-order valence-electron chi connectivity index (χ1n) is 4.91. The van der Waals surface area contributed by atoms with Crippen molar-refractivity contribution in [2.75, 3.05) is 13.2 Å². The number of ether oxygens (including phenoxy) is 2. The number of carboxylic acid groups (broad SMARTS) is 2. The van der Waals surface area contributed by atoms with Crippen molar-refractivity contribution in [3.63, 3.8) is 0 Å². The highest BCUT2D eigenvalue weighted by Crippen LogP contribution is 2.50. The van der Waals surface area contributed by atoms with Crippen molar-refractivity contribution in [3.8, 4) is 11.5 Å². The Bertz CT molecular complexity index is 614. The summed E-state index contributed by atoms with van der Waals surface area (Å²) in [4.78, 5) is 22.4. The van der Waals surface area contributed by atoms with Gasteiger partial charge in [0, 0.05) is 0 Å². The van der Waals surface area contributed by atoms with Crippen LogP contribution in [0, 0.1) is 0 Å². The SMILES string of the molecule is O=C(O)c1sc2sc(C(=O)O)c3c2c1OCCO3. The number of rotatable bonds is 2. The molecule has 0 aliphatic carbocycles. The molecule has 0 bridgehead atoms. The molecule has 0 aromatic carbocycles. The normalized spacial score (nSPS) is 13.8. The summed E-state index contributed by atoms with van der Waals surface area (Å²) in [6.07, 6.45) is 0. The number of aromatic carboxylic acids is 2. The second-order valence-electron chi connectivity index (χ2n) is 3.49. The van der Waals surface area contributed by atoms with Crippen molar-refractivity contribution in [3.05, 3.63) is 9.75 Å². The first kappa shape index (κ1) is 11.3. The molecule has 0 fully saturated rings. The van der Waals surface area contributed by atoms with Gasteiger partial charge in [0.2, 0.25) is 0 Å². The second kappa shape index (κ2) is 3.85. The zero-order valence-corrected chi connectivity index (χ0v) is 10.4. The lowest BCUT2D eigenvalue weighted by atomic mass is 10.3. The van der Waals surface area contributed by atoms with E-state index in [0.29, 0.717) is 9.40 Å². The Balaban J connectivity index is 2.35. The third kappa shape index (κ3) is 1.46. The van der Waals surface area contributed by atoms with Crippen LogP contribution in [-0.4, -0.2) is 35.4 Å². The fourth-order valence-corrected chi connectivity index (χ4v) is 4.06. The minimum absolute atomic E-state index is 0.0833. The Labute approximate surface area is 108 Å². The molecule has 8 heteroatoms. The molecule has 2 N–H and O–H groups in total. The molecule has 0 saturated carbocycles. The third-order valence-electron chi connectivity index (χ3n) is 2.42. The molecule has 1 aliphatic rings. The summed E-state index contributed by atoms with van der Waals surface area (Å²) >= 11 is 2.02. The van der Waals surface area contributed by atoms with E-state index >= 15 is 0 Å². The van der Waals surface area contributed by atoms with E-state index < -0.39 is 11.9 Å². The summed E-state index contributed by atoms with van der Waals surface area (Å²) in [6.45, 7) is 0.398. The maximum atomic E-state index is 11.1. The lowest BCUT2D eigenvalue weighted by molar-refractivity contribution is 0.0685. The van der Waals surface area contributed by atoms with Crippen LogP contribution in [0.1, 0.15) is 19.3 Å². The van der Waals surface area contributed by atoms with Gasteiger partial charge in [-0.05, 0) is 0 Å². The van der Waals surface area contributed by atoms with Crippen LogP contribution in [-0.2, 0) is 0 Å². The monoisotopic (exact) mass is 286 g/mol. The predicted molar refractivity (Wildman–Crippen MR) is 64.6 cm³/mol. The van der Waals surface area contributed by atoms with Gasteiger partial charge in [-0.25, -0.2) is 9.59 Å². The molecule has 0 atom stereocenters. The number of carbonyl (C=O) groups is 2. The molecule has 0 radical (unpaired) electrons. The van der Waals surface area contributed by atoms with Crippen molar-refractivity contribution in [1.82, 2.24) is 0 Å². The molecular formula is C10H6O6S2. The molecule has 1 aliphatic heterocycles. The topological polar surface area (TPSA) is 93.1 Å². The van der Waals surface area contributed by atoms with Gasteiger partial charge in [-0.15, -0.1) is 22.7 Å². The maximum absolute atomic E-state index is 11.1. The fourth-order valence-electron chi connectivity index (χ4n) is 1.76. The minimum Gasteiger partial charge on any atom is -0.487 e. The number of thiophene rings is 2. The van der Waals surface area contributed by atoms with Gasteiger partial charge in [0.1, 0.15) is 13.2 Å². The third-order valence-corrected chi connectivity index (χ3v) is 4.83. The van der Waals surface area contributed by atoms with E-state index in [2.05, 4.69) is 0 Å². The molecule has 0 saturated heterocycles. The highest BCUT2D eigenvalue weighted by molar-refractivity contribution is 7.40. The molecule has 0 spiro atoms. The molecule has 3 rings (SSSR count). The van der Waals surface area contributed by atoms with Gasteiger partial charge in [-0.1, -0.05) is 0 Å². The maximum Gasteiger partial charge on any atom is 0.349 e. The lowest BCUT2D eigenvalue weighted by Gasteiger charge is -2.01. The van der Waals surface area contributed by atoms with Gasteiger partial charge >= 0.3 is 11.9 Å². The largest absolute Gasteiger partial charge is 0.487 e. The Kier molecular flexibility index (Phi) is 2.42. The van der Waals surface area contributed by atoms with Crippen LogP contribution in [0.4, 0.5) is 0 Å².